The Morgan fingerprint density at radius 3 is 2.44 bits per heavy atom. The first-order valence-electron chi connectivity index (χ1n) is 9.40. The van der Waals surface area contributed by atoms with Crippen LogP contribution in [0.25, 0.3) is 0 Å². The van der Waals surface area contributed by atoms with Crippen molar-refractivity contribution in [3.05, 3.63) is 65.0 Å². The van der Waals surface area contributed by atoms with Gasteiger partial charge >= 0.3 is 5.91 Å². The third-order valence-corrected chi connectivity index (χ3v) is 5.68. The molecule has 27 heavy (non-hydrogen) atoms. The van der Waals surface area contributed by atoms with Crippen molar-refractivity contribution in [1.29, 1.82) is 0 Å². The number of anilines is 1. The molecule has 2 aromatic rings. The molecule has 2 heterocycles. The molecule has 1 fully saturated rings. The predicted molar refractivity (Wildman–Crippen MR) is 99.4 cm³/mol. The largest absolute Gasteiger partial charge is 0.322 e. The molecule has 5 nitrogen and oxygen atoms in total. The minimum Gasteiger partial charge on any atom is -0.322 e. The molecule has 2 aliphatic heterocycles. The number of piperazine rings is 1. The van der Waals surface area contributed by atoms with Crippen molar-refractivity contribution in [2.45, 2.75) is 13.5 Å². The summed E-state index contributed by atoms with van der Waals surface area (Å²) >= 11 is 0. The van der Waals surface area contributed by atoms with Crippen LogP contribution in [0, 0.1) is 12.7 Å². The Bertz CT molecular complexity index is 891. The maximum atomic E-state index is 13.4. The number of Topliss-reactive ketones (excluding diaryl/α,β-unsaturated/α-hetero) is 1. The number of amides is 1. The zero-order valence-corrected chi connectivity index (χ0v) is 15.4. The molecular formula is C21H24FN3O2+2. The molecule has 1 amide bonds. The van der Waals surface area contributed by atoms with Gasteiger partial charge in [0.15, 0.2) is 6.67 Å². The van der Waals surface area contributed by atoms with E-state index in [0.717, 1.165) is 38.8 Å². The van der Waals surface area contributed by atoms with Crippen molar-refractivity contribution in [1.82, 2.24) is 0 Å². The monoisotopic (exact) mass is 369 g/mol. The summed E-state index contributed by atoms with van der Waals surface area (Å²) in [4.78, 5) is 28.8. The van der Waals surface area contributed by atoms with E-state index in [1.54, 1.807) is 4.90 Å². The van der Waals surface area contributed by atoms with E-state index in [1.165, 1.54) is 33.1 Å². The fourth-order valence-electron chi connectivity index (χ4n) is 4.02. The maximum absolute atomic E-state index is 13.4. The van der Waals surface area contributed by atoms with Crippen LogP contribution in [0.15, 0.2) is 42.5 Å². The van der Waals surface area contributed by atoms with Gasteiger partial charge < -0.3 is 9.80 Å². The fraction of sp³-hybridized carbons (Fsp3) is 0.333. The Morgan fingerprint density at radius 1 is 1.00 bits per heavy atom. The molecule has 140 valence electrons. The number of quaternary nitrogens is 2. The average molecular weight is 369 g/mol. The van der Waals surface area contributed by atoms with E-state index >= 15 is 0 Å². The Morgan fingerprint density at radius 2 is 1.70 bits per heavy atom. The van der Waals surface area contributed by atoms with E-state index in [1.807, 2.05) is 0 Å². The number of ketones is 1. The first kappa shape index (κ1) is 17.8. The molecule has 0 saturated carbocycles. The summed E-state index contributed by atoms with van der Waals surface area (Å²) in [6, 6.07) is 12.5. The first-order valence-corrected chi connectivity index (χ1v) is 9.40. The van der Waals surface area contributed by atoms with Gasteiger partial charge in [0.1, 0.15) is 38.5 Å². The summed E-state index contributed by atoms with van der Waals surface area (Å²) in [5, 5.41) is 0. The second-order valence-electron chi connectivity index (χ2n) is 7.49. The van der Waals surface area contributed by atoms with Crippen molar-refractivity contribution in [3.63, 3.8) is 0 Å². The van der Waals surface area contributed by atoms with E-state index in [9.17, 15) is 14.0 Å². The van der Waals surface area contributed by atoms with Crippen LogP contribution in [0.5, 0.6) is 0 Å². The SMILES string of the molecule is Cc1ccccc1C[NH+]1CC[NH+](CN2C(=O)C(=O)c3cc(F)ccc32)CC1. The number of halogens is 1. The Hall–Kier alpha value is -2.57. The number of carbonyl (C=O) groups is 2. The van der Waals surface area contributed by atoms with Crippen LogP contribution < -0.4 is 14.7 Å². The topological polar surface area (TPSA) is 46.3 Å². The molecule has 0 aliphatic carbocycles. The molecule has 2 N–H and O–H groups in total. The van der Waals surface area contributed by atoms with Gasteiger partial charge in [0.25, 0.3) is 5.78 Å². The van der Waals surface area contributed by atoms with Gasteiger partial charge in [-0.15, -0.1) is 0 Å². The van der Waals surface area contributed by atoms with E-state index in [-0.39, 0.29) is 5.56 Å². The zero-order valence-electron chi connectivity index (χ0n) is 15.4. The minimum atomic E-state index is -0.604. The maximum Gasteiger partial charge on any atom is 0.303 e. The minimum absolute atomic E-state index is 0.184. The van der Waals surface area contributed by atoms with Gasteiger partial charge in [0.2, 0.25) is 0 Å². The number of benzene rings is 2. The van der Waals surface area contributed by atoms with Crippen LogP contribution in [0.3, 0.4) is 0 Å². The van der Waals surface area contributed by atoms with Gasteiger partial charge in [-0.25, -0.2) is 4.39 Å². The number of nitrogens with one attached hydrogen (secondary N) is 2. The number of fused-ring (bicyclic) bond motifs is 1. The molecule has 0 aromatic heterocycles. The van der Waals surface area contributed by atoms with Gasteiger partial charge in [-0.05, 0) is 30.7 Å². The van der Waals surface area contributed by atoms with Crippen LogP contribution in [0.4, 0.5) is 10.1 Å². The van der Waals surface area contributed by atoms with Crippen molar-refractivity contribution >= 4 is 17.4 Å². The Balaban J connectivity index is 1.38. The van der Waals surface area contributed by atoms with Crippen LogP contribution in [0.2, 0.25) is 0 Å². The summed E-state index contributed by atoms with van der Waals surface area (Å²) in [7, 11) is 0. The number of carbonyl (C=O) groups excluding carboxylic acids is 2. The fourth-order valence-corrected chi connectivity index (χ4v) is 4.02. The lowest BCUT2D eigenvalue weighted by atomic mass is 10.1. The summed E-state index contributed by atoms with van der Waals surface area (Å²) in [6.45, 7) is 7.55. The highest BCUT2D eigenvalue weighted by Gasteiger charge is 2.39. The smallest absolute Gasteiger partial charge is 0.303 e. The van der Waals surface area contributed by atoms with Gasteiger partial charge in [-0.1, -0.05) is 24.3 Å². The highest BCUT2D eigenvalue weighted by Crippen LogP contribution is 2.28. The van der Waals surface area contributed by atoms with Crippen molar-refractivity contribution < 1.29 is 23.8 Å². The van der Waals surface area contributed by atoms with Crippen LogP contribution >= 0.6 is 0 Å². The second-order valence-corrected chi connectivity index (χ2v) is 7.49. The van der Waals surface area contributed by atoms with E-state index in [2.05, 4.69) is 31.2 Å². The Kier molecular flexibility index (Phi) is 4.76. The van der Waals surface area contributed by atoms with E-state index < -0.39 is 17.5 Å². The third-order valence-electron chi connectivity index (χ3n) is 5.68. The molecule has 2 aliphatic rings. The van der Waals surface area contributed by atoms with E-state index in [4.69, 9.17) is 0 Å². The summed E-state index contributed by atoms with van der Waals surface area (Å²) in [6.07, 6.45) is 0. The normalized spacial score (nSPS) is 22.2. The molecular weight excluding hydrogens is 345 g/mol. The molecule has 0 radical (unpaired) electrons. The molecule has 4 rings (SSSR count). The van der Waals surface area contributed by atoms with Crippen molar-refractivity contribution in [3.8, 4) is 0 Å². The standard InChI is InChI=1S/C21H22FN3O2/c1-15-4-2-3-5-16(15)13-23-8-10-24(11-9-23)14-25-19-7-6-17(22)12-18(19)20(26)21(25)27/h2-7,12H,8-11,13-14H2,1H3/p+2. The number of hydrogen-bond donors (Lipinski definition) is 2. The molecule has 0 bridgehead atoms. The van der Waals surface area contributed by atoms with Crippen LogP contribution in [-0.2, 0) is 11.3 Å². The third kappa shape index (κ3) is 3.50. The number of hydrogen-bond acceptors (Lipinski definition) is 2. The number of rotatable bonds is 4. The van der Waals surface area contributed by atoms with Crippen molar-refractivity contribution in [2.24, 2.45) is 0 Å². The molecule has 0 spiro atoms. The molecule has 6 heteroatoms. The van der Waals surface area contributed by atoms with Gasteiger partial charge in [0.05, 0.1) is 11.3 Å². The van der Waals surface area contributed by atoms with E-state index in [0.29, 0.717) is 12.4 Å². The molecule has 0 atom stereocenters. The lowest BCUT2D eigenvalue weighted by Crippen LogP contribution is -3.28. The average Bonchev–Trinajstić information content (AvgIpc) is 2.90. The van der Waals surface area contributed by atoms with Gasteiger partial charge in [-0.2, -0.15) is 0 Å². The highest BCUT2D eigenvalue weighted by molar-refractivity contribution is 6.52. The lowest BCUT2D eigenvalue weighted by molar-refractivity contribution is -1.02. The predicted octanol–water partition coefficient (Wildman–Crippen LogP) is -0.395. The molecule has 2 aromatic carbocycles. The zero-order chi connectivity index (χ0) is 19.0. The first-order chi connectivity index (χ1) is 13.0. The quantitative estimate of drug-likeness (QED) is 0.721. The lowest BCUT2D eigenvalue weighted by Gasteiger charge is -2.32. The number of aryl methyl sites for hydroxylation is 1. The summed E-state index contributed by atoms with van der Waals surface area (Å²) in [5.41, 5.74) is 3.42. The van der Waals surface area contributed by atoms with Gasteiger partial charge in [0, 0.05) is 5.56 Å². The highest BCUT2D eigenvalue weighted by atomic mass is 19.1. The van der Waals surface area contributed by atoms with Crippen molar-refractivity contribution in [2.75, 3.05) is 37.7 Å². The molecule has 1 saturated heterocycles. The molecule has 0 unspecified atom stereocenters. The second kappa shape index (κ2) is 7.21. The van der Waals surface area contributed by atoms with Gasteiger partial charge in [-0.3, -0.25) is 14.5 Å². The van der Waals surface area contributed by atoms with Crippen LogP contribution in [0.1, 0.15) is 21.5 Å². The van der Waals surface area contributed by atoms with Crippen LogP contribution in [-0.4, -0.2) is 44.5 Å². The summed E-state index contributed by atoms with van der Waals surface area (Å²) in [5.74, 6) is -1.64. The Labute approximate surface area is 158 Å². The number of nitrogens with zero attached hydrogens (tertiary/aromatic N) is 1. The summed E-state index contributed by atoms with van der Waals surface area (Å²) < 4.78 is 13.4.